The Morgan fingerprint density at radius 3 is 1.45 bits per heavy atom. The Bertz CT molecular complexity index is 3090. The van der Waals surface area contributed by atoms with Crippen LogP contribution in [0, 0.1) is 5.92 Å². The summed E-state index contributed by atoms with van der Waals surface area (Å²) < 4.78 is 0. The molecular formula is C51H59N13O9. The number of benzene rings is 3. The van der Waals surface area contributed by atoms with Gasteiger partial charge in [0.1, 0.15) is 30.7 Å². The van der Waals surface area contributed by atoms with E-state index in [1.807, 2.05) is 86.6 Å². The third-order valence-corrected chi connectivity index (χ3v) is 12.2. The van der Waals surface area contributed by atoms with E-state index in [9.17, 15) is 38.4 Å². The van der Waals surface area contributed by atoms with Crippen molar-refractivity contribution < 1.29 is 43.5 Å². The summed E-state index contributed by atoms with van der Waals surface area (Å²) in [5, 5.41) is 29.7. The molecule has 73 heavy (non-hydrogen) atoms. The largest absolute Gasteiger partial charge is 0.480 e. The molecule has 3 aromatic carbocycles. The van der Waals surface area contributed by atoms with E-state index < -0.39 is 97.2 Å². The first-order valence-electron chi connectivity index (χ1n) is 23.7. The monoisotopic (exact) mass is 997 g/mol. The molecule has 22 heteroatoms. The van der Waals surface area contributed by atoms with Crippen LogP contribution >= 0.6 is 0 Å². The fourth-order valence-electron chi connectivity index (χ4n) is 8.50. The number of hydrogen-bond donors (Lipinski definition) is 13. The number of nitrogens with one attached hydrogen (secondary N) is 11. The summed E-state index contributed by atoms with van der Waals surface area (Å²) in [5.74, 6) is -6.39. The van der Waals surface area contributed by atoms with Gasteiger partial charge in [0.25, 0.3) is 0 Å². The number of carboxylic acid groups (broad SMARTS) is 1. The Labute approximate surface area is 418 Å². The number of amides is 7. The van der Waals surface area contributed by atoms with Crippen LogP contribution in [0.3, 0.4) is 0 Å². The van der Waals surface area contributed by atoms with Gasteiger partial charge >= 0.3 is 5.97 Å². The van der Waals surface area contributed by atoms with Crippen LogP contribution in [-0.2, 0) is 64.0 Å². The van der Waals surface area contributed by atoms with Crippen LogP contribution in [-0.4, -0.2) is 127 Å². The molecule has 0 saturated heterocycles. The topological polar surface area (TPSA) is 343 Å². The third-order valence-electron chi connectivity index (χ3n) is 12.2. The maximum absolute atomic E-state index is 14.4. The van der Waals surface area contributed by atoms with Crippen molar-refractivity contribution in [2.75, 3.05) is 19.6 Å². The minimum atomic E-state index is -1.28. The molecule has 14 N–H and O–H groups in total. The number of nitrogens with zero attached hydrogens (tertiary/aromatic N) is 1. The van der Waals surface area contributed by atoms with Crippen molar-refractivity contribution in [3.05, 3.63) is 126 Å². The van der Waals surface area contributed by atoms with E-state index in [4.69, 9.17) is 10.8 Å². The maximum Gasteiger partial charge on any atom is 0.322 e. The van der Waals surface area contributed by atoms with Crippen LogP contribution in [0.2, 0.25) is 0 Å². The molecule has 4 aromatic heterocycles. The van der Waals surface area contributed by atoms with E-state index in [0.29, 0.717) is 16.8 Å². The Kier molecular flexibility index (Phi) is 17.4. The number of rotatable bonds is 25. The van der Waals surface area contributed by atoms with Crippen LogP contribution in [0.4, 0.5) is 0 Å². The number of nitrogens with two attached hydrogens (primary N) is 1. The van der Waals surface area contributed by atoms with Gasteiger partial charge in [0.2, 0.25) is 41.4 Å². The van der Waals surface area contributed by atoms with Gasteiger partial charge in [-0.2, -0.15) is 0 Å². The van der Waals surface area contributed by atoms with E-state index in [0.717, 1.165) is 38.3 Å². The first kappa shape index (κ1) is 52.0. The number of carboxylic acids is 1. The minimum absolute atomic E-state index is 0.0230. The second-order valence-corrected chi connectivity index (χ2v) is 18.1. The van der Waals surface area contributed by atoms with Gasteiger partial charge in [-0.15, -0.1) is 0 Å². The van der Waals surface area contributed by atoms with Gasteiger partial charge in [-0.3, -0.25) is 38.4 Å². The Balaban J connectivity index is 1.03. The molecule has 0 aliphatic rings. The molecule has 7 amide bonds. The fraction of sp³-hybridized carbons (Fsp3) is 0.314. The lowest BCUT2D eigenvalue weighted by atomic mass is 10.0. The van der Waals surface area contributed by atoms with Gasteiger partial charge in [-0.1, -0.05) is 68.4 Å². The minimum Gasteiger partial charge on any atom is -0.480 e. The van der Waals surface area contributed by atoms with Crippen molar-refractivity contribution in [3.63, 3.8) is 0 Å². The number of carbonyl (C=O) groups excluding carboxylic acids is 7. The van der Waals surface area contributed by atoms with Gasteiger partial charge in [0.15, 0.2) is 0 Å². The molecule has 0 radical (unpaired) electrons. The number of hydrogen-bond acceptors (Lipinski definition) is 10. The summed E-state index contributed by atoms with van der Waals surface area (Å²) in [7, 11) is 0. The van der Waals surface area contributed by atoms with E-state index in [1.54, 1.807) is 24.8 Å². The molecule has 7 aromatic rings. The average Bonchev–Trinajstić information content (AvgIpc) is 4.21. The molecule has 0 unspecified atom stereocenters. The highest BCUT2D eigenvalue weighted by Crippen LogP contribution is 2.22. The van der Waals surface area contributed by atoms with Gasteiger partial charge in [-0.25, -0.2) is 4.98 Å². The van der Waals surface area contributed by atoms with Gasteiger partial charge < -0.3 is 68.0 Å². The van der Waals surface area contributed by atoms with Crippen LogP contribution in [0.1, 0.15) is 42.7 Å². The summed E-state index contributed by atoms with van der Waals surface area (Å²) >= 11 is 0. The highest BCUT2D eigenvalue weighted by Gasteiger charge is 2.32. The molecule has 0 aliphatic carbocycles. The number of fused-ring (bicyclic) bond motifs is 3. The summed E-state index contributed by atoms with van der Waals surface area (Å²) in [6.07, 6.45) is 8.41. The highest BCUT2D eigenvalue weighted by molar-refractivity contribution is 5.97. The second-order valence-electron chi connectivity index (χ2n) is 18.1. The number of imidazole rings is 1. The van der Waals surface area contributed by atoms with Crippen molar-refractivity contribution >= 4 is 80.0 Å². The number of H-pyrrole nitrogens is 4. The molecule has 0 saturated carbocycles. The Morgan fingerprint density at radius 2 is 0.959 bits per heavy atom. The molecule has 7 rings (SSSR count). The molecular weight excluding hydrogens is 939 g/mol. The quantitative estimate of drug-likeness (QED) is 0.0381. The van der Waals surface area contributed by atoms with Crippen LogP contribution in [0.15, 0.2) is 104 Å². The van der Waals surface area contributed by atoms with E-state index in [2.05, 4.69) is 62.1 Å². The maximum atomic E-state index is 14.4. The highest BCUT2D eigenvalue weighted by atomic mass is 16.4. The van der Waals surface area contributed by atoms with Crippen molar-refractivity contribution in [3.8, 4) is 0 Å². The lowest BCUT2D eigenvalue weighted by Gasteiger charge is -2.24. The van der Waals surface area contributed by atoms with Crippen LogP contribution < -0.4 is 43.0 Å². The predicted octanol–water partition coefficient (Wildman–Crippen LogP) is 0.870. The third kappa shape index (κ3) is 14.2. The summed E-state index contributed by atoms with van der Waals surface area (Å²) in [4.78, 5) is 123. The molecule has 0 fully saturated rings. The Hall–Kier alpha value is -8.79. The molecule has 382 valence electrons. The van der Waals surface area contributed by atoms with Gasteiger partial charge in [-0.05, 0) is 47.2 Å². The van der Waals surface area contributed by atoms with Crippen LogP contribution in [0.5, 0.6) is 0 Å². The second kappa shape index (κ2) is 24.4. The first-order chi connectivity index (χ1) is 35.1. The SMILES string of the molecule is CC(C)C[C@H](NC(=O)[C@H](Cc1c[nH]c2ccccc12)NC(=O)CNC(=O)CNC(=O)[C@H](Cc1c[nH]c2ccccc12)NC(=O)[C@H](Cc1c[nH]c2ccccc12)NC(=O)[C@@H](N)Cc1cnc[nH]1)C(=O)NCC(=O)O. The zero-order valence-corrected chi connectivity index (χ0v) is 40.2. The number of aromatic amines is 4. The number of para-hydroxylation sites is 3. The first-order valence-corrected chi connectivity index (χ1v) is 23.7. The summed E-state index contributed by atoms with van der Waals surface area (Å²) in [6, 6.07) is 16.3. The molecule has 22 nitrogen and oxygen atoms in total. The predicted molar refractivity (Wildman–Crippen MR) is 270 cm³/mol. The molecule has 5 atom stereocenters. The lowest BCUT2D eigenvalue weighted by molar-refractivity contribution is -0.138. The van der Waals surface area contributed by atoms with E-state index >= 15 is 0 Å². The summed E-state index contributed by atoms with van der Waals surface area (Å²) in [5.41, 5.74) is 11.4. The van der Waals surface area contributed by atoms with Crippen molar-refractivity contribution in [1.82, 2.24) is 62.1 Å². The zero-order chi connectivity index (χ0) is 52.0. The summed E-state index contributed by atoms with van der Waals surface area (Å²) in [6.45, 7) is 1.76. The van der Waals surface area contributed by atoms with E-state index in [-0.39, 0.29) is 38.0 Å². The van der Waals surface area contributed by atoms with Crippen molar-refractivity contribution in [2.24, 2.45) is 11.7 Å². The molecule has 0 spiro atoms. The standard InChI is InChI=1S/C51H59N13O9/c1-28(2)15-40(48(70)59-26-46(67)68)63-50(72)42(17-30-21-55-38-13-7-4-10-34(30)38)61-45(66)25-57-44(65)24-58-49(71)41(16-29-20-54-37-12-6-3-9-33(29)37)64-51(73)43(18-31-22-56-39-14-8-5-11-35(31)39)62-47(69)36(52)19-32-23-53-27-60-32/h3-14,20-23,27-28,36,40-43,54-56H,15-19,24-26,52H2,1-2H3,(H,53,60)(H,57,65)(H,58,71)(H,59,70)(H,61,66)(H,62,69)(H,63,72)(H,64,73)(H,67,68)/t36-,40-,41-,42-,43-/m0/s1. The average molecular weight is 998 g/mol. The van der Waals surface area contributed by atoms with Gasteiger partial charge in [0, 0.05) is 88.9 Å². The normalized spacial score (nSPS) is 13.4. The Morgan fingerprint density at radius 1 is 0.521 bits per heavy atom. The van der Waals surface area contributed by atoms with Crippen LogP contribution in [0.25, 0.3) is 32.7 Å². The van der Waals surface area contributed by atoms with Gasteiger partial charge in [0.05, 0.1) is 25.5 Å². The molecule has 0 bridgehead atoms. The zero-order valence-electron chi connectivity index (χ0n) is 40.2. The smallest absolute Gasteiger partial charge is 0.322 e. The number of aromatic nitrogens is 5. The van der Waals surface area contributed by atoms with Crippen molar-refractivity contribution in [1.29, 1.82) is 0 Å². The molecule has 4 heterocycles. The lowest BCUT2D eigenvalue weighted by Crippen LogP contribution is -2.57. The number of aliphatic carboxylic acids is 1. The van der Waals surface area contributed by atoms with Crippen molar-refractivity contribution in [2.45, 2.75) is 76.2 Å². The fourth-order valence-corrected chi connectivity index (χ4v) is 8.50. The molecule has 0 aliphatic heterocycles. The van der Waals surface area contributed by atoms with E-state index in [1.165, 1.54) is 6.33 Å². The number of carbonyl (C=O) groups is 8.